The number of hydrogen-bond acceptors (Lipinski definition) is 3. The first-order chi connectivity index (χ1) is 8.70. The van der Waals surface area contributed by atoms with Crippen LogP contribution in [0.2, 0.25) is 0 Å². The number of aliphatic hydroxyl groups excluding tert-OH is 1. The Balaban J connectivity index is 0.00000361. The van der Waals surface area contributed by atoms with Crippen molar-refractivity contribution in [2.75, 3.05) is 0 Å². The molecule has 0 aliphatic carbocycles. The fourth-order valence-corrected chi connectivity index (χ4v) is 1.81. The van der Waals surface area contributed by atoms with Gasteiger partial charge in [0, 0.05) is 5.56 Å². The largest absolute Gasteiger partial charge is 0.573 e. The zero-order valence-corrected chi connectivity index (χ0v) is 12.0. The quantitative estimate of drug-likeness (QED) is 0.876. The third kappa shape index (κ3) is 5.98. The Labute approximate surface area is 122 Å². The maximum atomic E-state index is 12.3. The number of para-hydroxylation sites is 1. The van der Waals surface area contributed by atoms with Crippen LogP contribution >= 0.6 is 12.4 Å². The van der Waals surface area contributed by atoms with Crippen LogP contribution in [0.5, 0.6) is 5.75 Å². The number of benzene rings is 1. The van der Waals surface area contributed by atoms with Gasteiger partial charge in [0.25, 0.3) is 0 Å². The Bertz CT molecular complexity index is 413. The zero-order chi connectivity index (χ0) is 14.6. The van der Waals surface area contributed by atoms with Crippen molar-refractivity contribution < 1.29 is 23.0 Å². The molecule has 0 aliphatic heterocycles. The minimum atomic E-state index is -4.78. The molecular formula is C13H19ClF3NO2. The first-order valence-corrected chi connectivity index (χ1v) is 5.99. The van der Waals surface area contributed by atoms with Crippen molar-refractivity contribution in [3.8, 4) is 5.75 Å². The molecule has 2 atom stereocenters. The summed E-state index contributed by atoms with van der Waals surface area (Å²) in [6.07, 6.45) is -5.29. The van der Waals surface area contributed by atoms with Crippen molar-refractivity contribution in [3.63, 3.8) is 0 Å². The zero-order valence-electron chi connectivity index (χ0n) is 11.2. The number of aliphatic hydroxyl groups is 1. The van der Waals surface area contributed by atoms with Crippen LogP contribution in [0.3, 0.4) is 0 Å². The van der Waals surface area contributed by atoms with Gasteiger partial charge in [-0.15, -0.1) is 25.6 Å². The van der Waals surface area contributed by atoms with Crippen LogP contribution in [0.4, 0.5) is 13.2 Å². The van der Waals surface area contributed by atoms with E-state index in [2.05, 4.69) is 4.74 Å². The smallest absolute Gasteiger partial charge is 0.405 e. The molecule has 116 valence electrons. The summed E-state index contributed by atoms with van der Waals surface area (Å²) >= 11 is 0. The highest BCUT2D eigenvalue weighted by Gasteiger charge is 2.33. The van der Waals surface area contributed by atoms with Crippen LogP contribution in [0.1, 0.15) is 31.9 Å². The van der Waals surface area contributed by atoms with E-state index in [1.54, 1.807) is 6.07 Å². The van der Waals surface area contributed by atoms with Crippen LogP contribution in [-0.2, 0) is 0 Å². The monoisotopic (exact) mass is 313 g/mol. The van der Waals surface area contributed by atoms with E-state index in [9.17, 15) is 18.3 Å². The number of rotatable bonds is 5. The molecular weight excluding hydrogens is 295 g/mol. The van der Waals surface area contributed by atoms with Gasteiger partial charge in [-0.2, -0.15) is 0 Å². The summed E-state index contributed by atoms with van der Waals surface area (Å²) in [6.45, 7) is 3.79. The third-order valence-corrected chi connectivity index (χ3v) is 2.63. The van der Waals surface area contributed by atoms with E-state index in [-0.39, 0.29) is 29.6 Å². The summed E-state index contributed by atoms with van der Waals surface area (Å²) in [6, 6.07) is 4.67. The van der Waals surface area contributed by atoms with E-state index in [1.165, 1.54) is 18.2 Å². The highest BCUT2D eigenvalue weighted by atomic mass is 35.5. The van der Waals surface area contributed by atoms with Crippen LogP contribution < -0.4 is 10.5 Å². The minimum Gasteiger partial charge on any atom is -0.405 e. The van der Waals surface area contributed by atoms with E-state index in [0.29, 0.717) is 6.42 Å². The van der Waals surface area contributed by atoms with Crippen LogP contribution in [0.25, 0.3) is 0 Å². The molecule has 0 heterocycles. The number of nitrogens with two attached hydrogens (primary N) is 1. The molecule has 3 N–H and O–H groups in total. The lowest BCUT2D eigenvalue weighted by Gasteiger charge is -2.23. The van der Waals surface area contributed by atoms with Gasteiger partial charge < -0.3 is 15.6 Å². The Morgan fingerprint density at radius 3 is 2.30 bits per heavy atom. The van der Waals surface area contributed by atoms with Gasteiger partial charge in [-0.1, -0.05) is 32.0 Å². The summed E-state index contributed by atoms with van der Waals surface area (Å²) in [5.41, 5.74) is 5.96. The highest BCUT2D eigenvalue weighted by molar-refractivity contribution is 5.85. The summed E-state index contributed by atoms with van der Waals surface area (Å²) in [7, 11) is 0. The van der Waals surface area contributed by atoms with Gasteiger partial charge in [0.2, 0.25) is 0 Å². The van der Waals surface area contributed by atoms with E-state index in [4.69, 9.17) is 5.73 Å². The fraction of sp³-hybridized carbons (Fsp3) is 0.538. The van der Waals surface area contributed by atoms with Gasteiger partial charge >= 0.3 is 6.36 Å². The molecule has 0 saturated heterocycles. The van der Waals surface area contributed by atoms with Crippen molar-refractivity contribution in [2.24, 2.45) is 11.7 Å². The molecule has 0 saturated carbocycles. The molecule has 0 amide bonds. The number of hydrogen-bond donors (Lipinski definition) is 2. The second kappa shape index (κ2) is 7.71. The molecule has 1 rings (SSSR count). The summed E-state index contributed by atoms with van der Waals surface area (Å²) in [5.74, 6) is -0.179. The highest BCUT2D eigenvalue weighted by Crippen LogP contribution is 2.31. The molecule has 7 heteroatoms. The minimum absolute atomic E-state index is 0. The first-order valence-electron chi connectivity index (χ1n) is 5.99. The van der Waals surface area contributed by atoms with Crippen molar-refractivity contribution in [1.82, 2.24) is 0 Å². The standard InChI is InChI=1S/C13H18F3NO2.ClH/c1-8(2)7-10(18)12(17)9-5-3-4-6-11(9)19-13(14,15)16;/h3-6,8,10,12,18H,7,17H2,1-2H3;1H/t10-,12+;/m0./s1. The molecule has 3 nitrogen and oxygen atoms in total. The molecule has 0 spiro atoms. The lowest BCUT2D eigenvalue weighted by molar-refractivity contribution is -0.275. The Morgan fingerprint density at radius 2 is 1.80 bits per heavy atom. The molecule has 0 bridgehead atoms. The van der Waals surface area contributed by atoms with Gasteiger partial charge in [-0.05, 0) is 18.4 Å². The average Bonchev–Trinajstić information content (AvgIpc) is 2.25. The van der Waals surface area contributed by atoms with E-state index < -0.39 is 18.5 Å². The van der Waals surface area contributed by atoms with Crippen LogP contribution in [0, 0.1) is 5.92 Å². The molecule has 0 fully saturated rings. The van der Waals surface area contributed by atoms with Crippen molar-refractivity contribution in [3.05, 3.63) is 29.8 Å². The van der Waals surface area contributed by atoms with Gasteiger partial charge in [0.1, 0.15) is 5.75 Å². The average molecular weight is 314 g/mol. The predicted molar refractivity (Wildman–Crippen MR) is 72.8 cm³/mol. The molecule has 0 unspecified atom stereocenters. The molecule has 20 heavy (non-hydrogen) atoms. The summed E-state index contributed by atoms with van der Waals surface area (Å²) in [5, 5.41) is 9.90. The summed E-state index contributed by atoms with van der Waals surface area (Å²) in [4.78, 5) is 0. The van der Waals surface area contributed by atoms with Crippen molar-refractivity contribution in [2.45, 2.75) is 38.8 Å². The predicted octanol–water partition coefficient (Wildman–Crippen LogP) is 3.41. The van der Waals surface area contributed by atoms with Crippen molar-refractivity contribution in [1.29, 1.82) is 0 Å². The maximum absolute atomic E-state index is 12.3. The second-order valence-corrected chi connectivity index (χ2v) is 4.81. The Hall–Kier alpha value is -0.980. The fourth-order valence-electron chi connectivity index (χ4n) is 1.81. The molecule has 0 radical (unpaired) electrons. The maximum Gasteiger partial charge on any atom is 0.573 e. The second-order valence-electron chi connectivity index (χ2n) is 4.81. The van der Waals surface area contributed by atoms with E-state index in [1.807, 2.05) is 13.8 Å². The number of alkyl halides is 3. The Morgan fingerprint density at radius 1 is 1.25 bits per heavy atom. The normalized spacial score (nSPS) is 14.6. The number of ether oxygens (including phenoxy) is 1. The van der Waals surface area contributed by atoms with E-state index >= 15 is 0 Å². The van der Waals surface area contributed by atoms with Crippen LogP contribution in [0.15, 0.2) is 24.3 Å². The van der Waals surface area contributed by atoms with Gasteiger partial charge in [0.15, 0.2) is 0 Å². The lowest BCUT2D eigenvalue weighted by atomic mass is 9.95. The lowest BCUT2D eigenvalue weighted by Crippen LogP contribution is -2.29. The topological polar surface area (TPSA) is 55.5 Å². The first kappa shape index (κ1) is 19.0. The van der Waals surface area contributed by atoms with Crippen molar-refractivity contribution >= 4 is 12.4 Å². The SMILES string of the molecule is CC(C)C[C@H](O)[C@H](N)c1ccccc1OC(F)(F)F.Cl. The van der Waals surface area contributed by atoms with Gasteiger partial charge in [0.05, 0.1) is 12.1 Å². The van der Waals surface area contributed by atoms with E-state index in [0.717, 1.165) is 0 Å². The van der Waals surface area contributed by atoms with Gasteiger partial charge in [-0.25, -0.2) is 0 Å². The van der Waals surface area contributed by atoms with Gasteiger partial charge in [-0.3, -0.25) is 0 Å². The molecule has 1 aromatic carbocycles. The molecule has 0 aromatic heterocycles. The molecule has 1 aromatic rings. The number of halogens is 4. The Kier molecular flexibility index (Phi) is 7.33. The molecule has 0 aliphatic rings. The third-order valence-electron chi connectivity index (χ3n) is 2.63. The summed E-state index contributed by atoms with van der Waals surface area (Å²) < 4.78 is 40.7. The van der Waals surface area contributed by atoms with Crippen LogP contribution in [-0.4, -0.2) is 17.6 Å².